The van der Waals surface area contributed by atoms with Crippen LogP contribution in [-0.2, 0) is 30.5 Å². The van der Waals surface area contributed by atoms with Gasteiger partial charge in [0.25, 0.3) is 5.91 Å². The van der Waals surface area contributed by atoms with Crippen LogP contribution in [0.3, 0.4) is 0 Å². The van der Waals surface area contributed by atoms with Crippen molar-refractivity contribution in [3.05, 3.63) is 50.9 Å². The average Bonchev–Trinajstić information content (AvgIpc) is 3.84. The van der Waals surface area contributed by atoms with Crippen molar-refractivity contribution in [1.82, 2.24) is 29.8 Å². The minimum absolute atomic E-state index is 0.0272. The molecule has 2 fully saturated rings. The van der Waals surface area contributed by atoms with Gasteiger partial charge in [-0.15, -0.1) is 11.8 Å². The number of rotatable bonds is 10. The van der Waals surface area contributed by atoms with Gasteiger partial charge in [0.15, 0.2) is 29.3 Å². The van der Waals surface area contributed by atoms with E-state index in [1.807, 2.05) is 0 Å². The molecular formula is C26H28N8O12S2. The molecule has 0 spiro atoms. The number of aryl methyl sites for hydroxylation is 1. The maximum absolute atomic E-state index is 13.4. The largest absolute Gasteiger partial charge is 0.519 e. The summed E-state index contributed by atoms with van der Waals surface area (Å²) in [6, 6.07) is -2.01. The van der Waals surface area contributed by atoms with E-state index in [9.17, 15) is 44.2 Å². The first-order chi connectivity index (χ1) is 22.9. The number of anilines is 1. The Balaban J connectivity index is 1.22. The molecule has 22 heteroatoms. The topological polar surface area (TPSA) is 293 Å². The molecule has 2 aromatic heterocycles. The predicted octanol–water partition coefficient (Wildman–Crippen LogP) is -0.706. The molecule has 0 bridgehead atoms. The first kappa shape index (κ1) is 34.0. The molecule has 0 radical (unpaired) electrons. The molecule has 0 unspecified atom stereocenters. The lowest BCUT2D eigenvalue weighted by molar-refractivity contribution is -0.141. The molecule has 3 aliphatic heterocycles. The fourth-order valence-electron chi connectivity index (χ4n) is 5.23. The second kappa shape index (κ2) is 14.2. The number of aromatic nitrogens is 2. The number of carboxylic acid groups (broad SMARTS) is 2. The number of thioether (sulfide) groups is 1. The first-order valence-electron chi connectivity index (χ1n) is 14.1. The number of ether oxygens (including phenoxy) is 1. The van der Waals surface area contributed by atoms with E-state index in [2.05, 4.69) is 25.1 Å². The minimum Gasteiger partial charge on any atom is -0.480 e. The van der Waals surface area contributed by atoms with Crippen molar-refractivity contribution in [1.29, 1.82) is 0 Å². The molecule has 3 atom stereocenters. The quantitative estimate of drug-likeness (QED) is 0.0769. The maximum atomic E-state index is 13.4. The fourth-order valence-corrected chi connectivity index (χ4v) is 6.83. The lowest BCUT2D eigenvalue weighted by atomic mass is 10.1. The molecule has 3 aliphatic rings. The molecule has 3 amide bonds. The van der Waals surface area contributed by atoms with Crippen molar-refractivity contribution >= 4 is 64.0 Å². The van der Waals surface area contributed by atoms with Crippen LogP contribution in [0.1, 0.15) is 30.2 Å². The highest BCUT2D eigenvalue weighted by atomic mass is 32.2. The van der Waals surface area contributed by atoms with E-state index in [1.54, 1.807) is 4.90 Å². The van der Waals surface area contributed by atoms with Crippen molar-refractivity contribution in [2.75, 3.05) is 31.1 Å². The summed E-state index contributed by atoms with van der Waals surface area (Å²) in [6.45, 7) is 2.05. The summed E-state index contributed by atoms with van der Waals surface area (Å²) in [6.07, 6.45) is 1.58. The number of nitrogens with zero attached hydrogens (tertiary/aromatic N) is 5. The number of oxime groups is 1. The van der Waals surface area contributed by atoms with Gasteiger partial charge in [0.05, 0.1) is 6.04 Å². The molecular weight excluding hydrogens is 680 g/mol. The Bertz CT molecular complexity index is 1800. The van der Waals surface area contributed by atoms with E-state index in [4.69, 9.17) is 19.3 Å². The van der Waals surface area contributed by atoms with Crippen LogP contribution < -0.4 is 22.2 Å². The SMILES string of the molecule is Cc1oc(=O)oc1COC(=O)N1CC[C@@H](N2CC/C(=C/C3=C(C(=O)O)N[C@@H]([C@H](NC(=O)/C(=N\O)c4nsc(N)n4)C(=O)O)SC3)C2=O)C1. The van der Waals surface area contributed by atoms with Gasteiger partial charge in [0, 0.05) is 42.5 Å². The summed E-state index contributed by atoms with van der Waals surface area (Å²) in [4.78, 5) is 81.0. The second-order valence-corrected chi connectivity index (χ2v) is 12.5. The Morgan fingerprint density at radius 1 is 1.25 bits per heavy atom. The van der Waals surface area contributed by atoms with Crippen LogP contribution in [0.25, 0.3) is 0 Å². The Labute approximate surface area is 277 Å². The minimum atomic E-state index is -1.69. The van der Waals surface area contributed by atoms with Crippen LogP contribution in [0.5, 0.6) is 0 Å². The van der Waals surface area contributed by atoms with Crippen molar-refractivity contribution in [2.24, 2.45) is 5.16 Å². The highest BCUT2D eigenvalue weighted by Gasteiger charge is 2.40. The molecule has 5 heterocycles. The average molecular weight is 709 g/mol. The van der Waals surface area contributed by atoms with Gasteiger partial charge in [-0.1, -0.05) is 5.16 Å². The van der Waals surface area contributed by atoms with Crippen molar-refractivity contribution in [3.8, 4) is 0 Å². The first-order valence-corrected chi connectivity index (χ1v) is 15.9. The van der Waals surface area contributed by atoms with E-state index in [0.717, 1.165) is 23.3 Å². The fraction of sp³-hybridized carbons (Fsp3) is 0.423. The van der Waals surface area contributed by atoms with Gasteiger partial charge in [0.2, 0.25) is 17.4 Å². The number of nitrogen functional groups attached to an aromatic ring is 1. The van der Waals surface area contributed by atoms with Crippen LogP contribution in [0.4, 0.5) is 9.93 Å². The normalized spacial score (nSPS) is 21.4. The highest BCUT2D eigenvalue weighted by molar-refractivity contribution is 8.00. The molecule has 5 rings (SSSR count). The third-order valence-electron chi connectivity index (χ3n) is 7.59. The number of hydrogen-bond acceptors (Lipinski definition) is 17. The third-order valence-corrected chi connectivity index (χ3v) is 9.36. The summed E-state index contributed by atoms with van der Waals surface area (Å²) >= 11 is 1.69. The van der Waals surface area contributed by atoms with Gasteiger partial charge in [0.1, 0.15) is 11.1 Å². The maximum Gasteiger partial charge on any atom is 0.519 e. The molecule has 256 valence electrons. The number of aliphatic carboxylic acids is 2. The van der Waals surface area contributed by atoms with Crippen LogP contribution >= 0.6 is 23.3 Å². The molecule has 0 saturated carbocycles. The lowest BCUT2D eigenvalue weighted by Crippen LogP contribution is -2.55. The third kappa shape index (κ3) is 7.27. The number of carbonyl (C=O) groups is 5. The van der Waals surface area contributed by atoms with Crippen molar-refractivity contribution in [2.45, 2.75) is 43.8 Å². The van der Waals surface area contributed by atoms with Crippen molar-refractivity contribution in [3.63, 3.8) is 0 Å². The number of allylic oxidation sites excluding steroid dienone is 1. The van der Waals surface area contributed by atoms with Gasteiger partial charge < -0.3 is 55.2 Å². The smallest absolute Gasteiger partial charge is 0.480 e. The monoisotopic (exact) mass is 708 g/mol. The Hall–Kier alpha value is -5.38. The molecule has 2 saturated heterocycles. The Morgan fingerprint density at radius 3 is 2.65 bits per heavy atom. The van der Waals surface area contributed by atoms with Crippen molar-refractivity contribution < 1.29 is 53.0 Å². The number of carboxylic acids is 2. The number of nitrogens with two attached hydrogens (primary N) is 1. The van der Waals surface area contributed by atoms with Crippen LogP contribution in [0.2, 0.25) is 0 Å². The number of carbonyl (C=O) groups excluding carboxylic acids is 3. The molecule has 7 N–H and O–H groups in total. The van der Waals surface area contributed by atoms with Gasteiger partial charge in [-0.2, -0.15) is 9.36 Å². The van der Waals surface area contributed by atoms with Crippen LogP contribution in [0, 0.1) is 6.92 Å². The van der Waals surface area contributed by atoms with E-state index in [-0.39, 0.29) is 64.6 Å². The lowest BCUT2D eigenvalue weighted by Gasteiger charge is -2.31. The zero-order chi connectivity index (χ0) is 34.7. The number of amides is 3. The van der Waals surface area contributed by atoms with Crippen LogP contribution in [-0.4, -0.2) is 113 Å². The zero-order valence-electron chi connectivity index (χ0n) is 24.9. The Kier molecular flexibility index (Phi) is 10.0. The van der Waals surface area contributed by atoms with Gasteiger partial charge >= 0.3 is 23.9 Å². The molecule has 2 aromatic rings. The van der Waals surface area contributed by atoms with E-state index >= 15 is 0 Å². The van der Waals surface area contributed by atoms with E-state index < -0.39 is 46.9 Å². The standard InChI is InChI=1S/C26H28N8O12S2/c1-10-14(46-26(42)45-10)8-44-25(41)33-4-3-13(7-33)34-5-2-11(21(34)36)6-12-9-47-20(29-15(12)22(37)38)17(23(39)40)28-19(35)16(31-43)18-30-24(27)48-32-18/h6,13,17,20,29,43H,2-5,7-9H2,1H3,(H,28,35)(H,37,38)(H,39,40)(H2,27,30,32)/b11-6-,31-16-/t13-,17+,20-/m1/s1. The molecule has 20 nitrogen and oxygen atoms in total. The zero-order valence-corrected chi connectivity index (χ0v) is 26.5. The van der Waals surface area contributed by atoms with E-state index in [0.29, 0.717) is 31.5 Å². The number of likely N-dealkylation sites (tertiary alicyclic amines) is 2. The van der Waals surface area contributed by atoms with Gasteiger partial charge in [-0.3, -0.25) is 9.59 Å². The van der Waals surface area contributed by atoms with E-state index in [1.165, 1.54) is 17.9 Å². The van der Waals surface area contributed by atoms with Gasteiger partial charge in [-0.05, 0) is 31.4 Å². The molecule has 0 aliphatic carbocycles. The van der Waals surface area contributed by atoms with Gasteiger partial charge in [-0.25, -0.2) is 19.2 Å². The highest BCUT2D eigenvalue weighted by Crippen LogP contribution is 2.30. The summed E-state index contributed by atoms with van der Waals surface area (Å²) in [5, 5.41) is 35.5. The molecule has 48 heavy (non-hydrogen) atoms. The second-order valence-electron chi connectivity index (χ2n) is 10.6. The summed E-state index contributed by atoms with van der Waals surface area (Å²) < 4.78 is 18.6. The number of hydrogen-bond donors (Lipinski definition) is 6. The summed E-state index contributed by atoms with van der Waals surface area (Å²) in [5.74, 6) is -5.38. The molecule has 0 aromatic carbocycles. The summed E-state index contributed by atoms with van der Waals surface area (Å²) in [7, 11) is 0. The number of nitrogens with one attached hydrogen (secondary N) is 2. The summed E-state index contributed by atoms with van der Waals surface area (Å²) in [5.41, 5.74) is 5.00. The Morgan fingerprint density at radius 2 is 2.02 bits per heavy atom. The predicted molar refractivity (Wildman–Crippen MR) is 163 cm³/mol. The van der Waals surface area contributed by atoms with Crippen LogP contribution in [0.15, 0.2) is 41.7 Å².